The van der Waals surface area contributed by atoms with E-state index in [-0.39, 0.29) is 6.42 Å². The topological polar surface area (TPSA) is 204 Å². The molecule has 0 saturated heterocycles. The normalized spacial score (nSPS) is 15.0. The van der Waals surface area contributed by atoms with E-state index in [2.05, 4.69) is 0 Å². The van der Waals surface area contributed by atoms with Crippen molar-refractivity contribution >= 4 is 46.7 Å². The molecule has 0 rings (SSSR count). The van der Waals surface area contributed by atoms with E-state index in [4.69, 9.17) is 32.0 Å². The summed E-state index contributed by atoms with van der Waals surface area (Å²) in [5.74, 6) is -12.5. The molecule has 12 heteroatoms. The molecule has 0 aromatic rings. The molecule has 0 aromatic heterocycles. The lowest BCUT2D eigenvalue weighted by Crippen LogP contribution is -2.37. The zero-order chi connectivity index (χ0) is 22.0. The Hall–Kier alpha value is -2.69. The maximum absolute atomic E-state index is 11.8. The maximum Gasteiger partial charge on any atom is 0.304 e. The molecule has 0 aromatic carbocycles. The van der Waals surface area contributed by atoms with Crippen LogP contribution in [0.2, 0.25) is 0 Å². The Morgan fingerprint density at radius 2 is 1.04 bits per heavy atom. The van der Waals surface area contributed by atoms with Gasteiger partial charge in [-0.05, 0) is 35.8 Å². The Bertz CT molecular complexity index is 630. The van der Waals surface area contributed by atoms with Gasteiger partial charge in [0.2, 0.25) is 5.24 Å². The highest BCUT2D eigenvalue weighted by molar-refractivity contribution is 6.64. The molecular weight excluding hydrogens is 404 g/mol. The van der Waals surface area contributed by atoms with Crippen LogP contribution in [0.4, 0.5) is 0 Å². The number of hydrogen-bond acceptors (Lipinski definition) is 6. The van der Waals surface area contributed by atoms with Gasteiger partial charge in [-0.2, -0.15) is 0 Å². The minimum atomic E-state index is -1.58. The molecule has 11 nitrogen and oxygen atoms in total. The summed E-state index contributed by atoms with van der Waals surface area (Å²) in [6.45, 7) is 0. The molecule has 0 amide bonds. The van der Waals surface area contributed by atoms with Crippen LogP contribution in [0.3, 0.4) is 0 Å². The van der Waals surface area contributed by atoms with Crippen molar-refractivity contribution in [3.8, 4) is 0 Å². The summed E-state index contributed by atoms with van der Waals surface area (Å²) in [5.41, 5.74) is 0. The van der Waals surface area contributed by atoms with Crippen LogP contribution < -0.4 is 0 Å². The lowest BCUT2D eigenvalue weighted by molar-refractivity contribution is -0.148. The summed E-state index contributed by atoms with van der Waals surface area (Å²) < 4.78 is 0. The third-order valence-electron chi connectivity index (χ3n) is 4.34. The van der Waals surface area contributed by atoms with E-state index in [1.807, 2.05) is 0 Å². The van der Waals surface area contributed by atoms with E-state index in [0.29, 0.717) is 0 Å². The van der Waals surface area contributed by atoms with Crippen molar-refractivity contribution in [1.29, 1.82) is 0 Å². The lowest BCUT2D eigenvalue weighted by atomic mass is 9.69. The molecular formula is C16H21ClO11. The molecule has 0 aliphatic carbocycles. The number of carboxylic acids is 5. The molecule has 0 saturated carbocycles. The van der Waals surface area contributed by atoms with Crippen molar-refractivity contribution in [2.75, 3.05) is 0 Å². The number of hydrogen-bond donors (Lipinski definition) is 5. The third kappa shape index (κ3) is 9.86. The summed E-state index contributed by atoms with van der Waals surface area (Å²) in [5, 5.41) is 44.1. The SMILES string of the molecule is O=C(O)CC[C@H](CC(=O)O)[C@@H](CC(=O)O)[C@H](CC(=O)O)[C@@H](CC(=O)O)C(=O)Cl. The average Bonchev–Trinajstić information content (AvgIpc) is 2.51. The summed E-state index contributed by atoms with van der Waals surface area (Å²) in [6.07, 6.45) is -4.00. The Kier molecular flexibility index (Phi) is 10.8. The summed E-state index contributed by atoms with van der Waals surface area (Å²) >= 11 is 5.43. The van der Waals surface area contributed by atoms with Gasteiger partial charge in [0.25, 0.3) is 0 Å². The largest absolute Gasteiger partial charge is 0.481 e. The highest BCUT2D eigenvalue weighted by atomic mass is 35.5. The van der Waals surface area contributed by atoms with Crippen LogP contribution in [0.15, 0.2) is 0 Å². The van der Waals surface area contributed by atoms with Crippen LogP contribution in [0, 0.1) is 23.7 Å². The van der Waals surface area contributed by atoms with Crippen molar-refractivity contribution in [2.24, 2.45) is 23.7 Å². The summed E-state index contributed by atoms with van der Waals surface area (Å²) in [6, 6.07) is 0. The van der Waals surface area contributed by atoms with E-state index >= 15 is 0 Å². The molecule has 0 unspecified atom stereocenters. The van der Waals surface area contributed by atoms with Gasteiger partial charge >= 0.3 is 29.8 Å². The first kappa shape index (κ1) is 25.3. The fraction of sp³-hybridized carbons (Fsp3) is 0.625. The molecule has 0 aliphatic rings. The molecule has 158 valence electrons. The van der Waals surface area contributed by atoms with E-state index < -0.39 is 90.9 Å². The zero-order valence-electron chi connectivity index (χ0n) is 14.6. The monoisotopic (exact) mass is 424 g/mol. The van der Waals surface area contributed by atoms with Gasteiger partial charge < -0.3 is 25.5 Å². The quantitative estimate of drug-likeness (QED) is 0.234. The minimum absolute atomic E-state index is 0.300. The van der Waals surface area contributed by atoms with Gasteiger partial charge in [0, 0.05) is 31.6 Å². The van der Waals surface area contributed by atoms with Crippen LogP contribution >= 0.6 is 11.6 Å². The number of carbonyl (C=O) groups is 6. The molecule has 0 aliphatic heterocycles. The Labute approximate surface area is 163 Å². The predicted molar refractivity (Wildman–Crippen MR) is 90.7 cm³/mol. The van der Waals surface area contributed by atoms with E-state index in [1.165, 1.54) is 0 Å². The molecule has 0 fully saturated rings. The molecule has 28 heavy (non-hydrogen) atoms. The van der Waals surface area contributed by atoms with Gasteiger partial charge in [-0.3, -0.25) is 28.8 Å². The molecule has 5 N–H and O–H groups in total. The number of halogens is 1. The number of carbonyl (C=O) groups excluding carboxylic acids is 1. The van der Waals surface area contributed by atoms with Crippen LogP contribution in [0.5, 0.6) is 0 Å². The molecule has 0 heterocycles. The van der Waals surface area contributed by atoms with Crippen LogP contribution in [0.1, 0.15) is 38.5 Å². The molecule has 0 radical (unpaired) electrons. The standard InChI is InChI=1S/C16H21ClO11/c17-16(28)10(6-15(26)27)9(5-14(24)25)8(4-13(22)23)7(3-12(20)21)1-2-11(18)19/h7-10H,1-6H2,(H,18,19)(H,20,21)(H,22,23)(H,24,25)(H,26,27)/t7-,8-,9+,10-/m1/s1. The van der Waals surface area contributed by atoms with E-state index in [1.54, 1.807) is 0 Å². The second-order valence-electron chi connectivity index (χ2n) is 6.32. The zero-order valence-corrected chi connectivity index (χ0v) is 15.4. The molecule has 0 bridgehead atoms. The molecule has 4 atom stereocenters. The Morgan fingerprint density at radius 3 is 1.39 bits per heavy atom. The van der Waals surface area contributed by atoms with Gasteiger partial charge in [0.15, 0.2) is 0 Å². The number of aliphatic carboxylic acids is 5. The molecule has 0 spiro atoms. The lowest BCUT2D eigenvalue weighted by Gasteiger charge is -2.34. The van der Waals surface area contributed by atoms with Crippen LogP contribution in [0.25, 0.3) is 0 Å². The minimum Gasteiger partial charge on any atom is -0.481 e. The van der Waals surface area contributed by atoms with Crippen LogP contribution in [-0.2, 0) is 28.8 Å². The Balaban J connectivity index is 6.18. The van der Waals surface area contributed by atoms with Gasteiger partial charge in [0.05, 0.1) is 6.42 Å². The van der Waals surface area contributed by atoms with Gasteiger partial charge in [0.1, 0.15) is 0 Å². The highest BCUT2D eigenvalue weighted by Crippen LogP contribution is 2.39. The highest BCUT2D eigenvalue weighted by Gasteiger charge is 2.41. The Morgan fingerprint density at radius 1 is 0.607 bits per heavy atom. The fourth-order valence-corrected chi connectivity index (χ4v) is 3.49. The first-order valence-electron chi connectivity index (χ1n) is 8.13. The second kappa shape index (κ2) is 11.9. The van der Waals surface area contributed by atoms with E-state index in [9.17, 15) is 33.9 Å². The smallest absolute Gasteiger partial charge is 0.304 e. The number of rotatable bonds is 15. The van der Waals surface area contributed by atoms with Crippen molar-refractivity contribution < 1.29 is 54.3 Å². The summed E-state index contributed by atoms with van der Waals surface area (Å²) in [4.78, 5) is 67.4. The predicted octanol–water partition coefficient (Wildman–Crippen LogP) is 0.980. The maximum atomic E-state index is 11.8. The van der Waals surface area contributed by atoms with Crippen LogP contribution in [-0.4, -0.2) is 60.6 Å². The fourth-order valence-electron chi connectivity index (χ4n) is 3.25. The third-order valence-corrected chi connectivity index (χ3v) is 4.63. The van der Waals surface area contributed by atoms with E-state index in [0.717, 1.165) is 0 Å². The summed E-state index contributed by atoms with van der Waals surface area (Å²) in [7, 11) is 0. The van der Waals surface area contributed by atoms with Crippen molar-refractivity contribution in [3.63, 3.8) is 0 Å². The van der Waals surface area contributed by atoms with Crippen molar-refractivity contribution in [1.82, 2.24) is 0 Å². The van der Waals surface area contributed by atoms with Gasteiger partial charge in [-0.1, -0.05) is 0 Å². The first-order chi connectivity index (χ1) is 12.8. The average molecular weight is 425 g/mol. The second-order valence-corrected chi connectivity index (χ2v) is 6.69. The number of carboxylic acid groups (broad SMARTS) is 5. The first-order valence-corrected chi connectivity index (χ1v) is 8.51. The van der Waals surface area contributed by atoms with Gasteiger partial charge in [-0.15, -0.1) is 0 Å². The van der Waals surface area contributed by atoms with Gasteiger partial charge in [-0.25, -0.2) is 0 Å². The van der Waals surface area contributed by atoms with Crippen molar-refractivity contribution in [2.45, 2.75) is 38.5 Å². The van der Waals surface area contributed by atoms with Crippen molar-refractivity contribution in [3.05, 3.63) is 0 Å².